The van der Waals surface area contributed by atoms with Crippen LogP contribution in [0.25, 0.3) is 0 Å². The zero-order valence-electron chi connectivity index (χ0n) is 10.2. The quantitative estimate of drug-likeness (QED) is 0.561. The number of carbonyl (C=O) groups is 2. The summed E-state index contributed by atoms with van der Waals surface area (Å²) in [6.45, 7) is 7.14. The molecule has 0 aliphatic heterocycles. The van der Waals surface area contributed by atoms with Gasteiger partial charge in [-0.1, -0.05) is 19.9 Å². The van der Waals surface area contributed by atoms with Crippen LogP contribution in [0.4, 0.5) is 4.79 Å². The Kier molecular flexibility index (Phi) is 6.97. The number of amides is 2. The first-order valence-electron chi connectivity index (χ1n) is 5.44. The van der Waals surface area contributed by atoms with Gasteiger partial charge in [0.05, 0.1) is 6.61 Å². The second kappa shape index (κ2) is 7.67. The Hall–Kier alpha value is -1.56. The summed E-state index contributed by atoms with van der Waals surface area (Å²) >= 11 is 0. The number of hydrogen-bond donors (Lipinski definition) is 3. The minimum absolute atomic E-state index is 0.141. The van der Waals surface area contributed by atoms with Crippen LogP contribution >= 0.6 is 0 Å². The average molecular weight is 244 g/mol. The predicted octanol–water partition coefficient (Wildman–Crippen LogP) is 0.286. The van der Waals surface area contributed by atoms with Crippen molar-refractivity contribution in [2.45, 2.75) is 19.9 Å². The van der Waals surface area contributed by atoms with Gasteiger partial charge in [-0.2, -0.15) is 0 Å². The van der Waals surface area contributed by atoms with E-state index >= 15 is 0 Å². The molecule has 0 bridgehead atoms. The van der Waals surface area contributed by atoms with Gasteiger partial charge in [-0.05, 0) is 5.92 Å². The molecule has 0 saturated heterocycles. The molecule has 0 fully saturated rings. The van der Waals surface area contributed by atoms with Gasteiger partial charge < -0.3 is 20.4 Å². The molecule has 98 valence electrons. The number of urea groups is 1. The third-order valence-corrected chi connectivity index (χ3v) is 2.22. The van der Waals surface area contributed by atoms with E-state index in [-0.39, 0.29) is 25.6 Å². The molecule has 0 spiro atoms. The van der Waals surface area contributed by atoms with Crippen molar-refractivity contribution >= 4 is 12.0 Å². The van der Waals surface area contributed by atoms with Crippen molar-refractivity contribution < 1.29 is 19.8 Å². The van der Waals surface area contributed by atoms with Crippen molar-refractivity contribution in [2.24, 2.45) is 5.92 Å². The summed E-state index contributed by atoms with van der Waals surface area (Å²) in [7, 11) is 0. The second-order valence-electron chi connectivity index (χ2n) is 3.97. The highest BCUT2D eigenvalue weighted by Crippen LogP contribution is 2.03. The maximum atomic E-state index is 11.7. The van der Waals surface area contributed by atoms with Crippen molar-refractivity contribution in [3.8, 4) is 0 Å². The molecule has 0 saturated carbocycles. The smallest absolute Gasteiger partial charge is 0.326 e. The van der Waals surface area contributed by atoms with E-state index in [0.717, 1.165) is 0 Å². The molecule has 0 aliphatic rings. The second-order valence-corrected chi connectivity index (χ2v) is 3.97. The number of carboxylic acids is 1. The molecule has 0 aromatic carbocycles. The zero-order valence-corrected chi connectivity index (χ0v) is 10.2. The van der Waals surface area contributed by atoms with Crippen LogP contribution in [-0.4, -0.2) is 52.9 Å². The summed E-state index contributed by atoms with van der Waals surface area (Å²) in [6.07, 6.45) is 1.51. The molecule has 6 heteroatoms. The fraction of sp³-hybridized carbons (Fsp3) is 0.636. The van der Waals surface area contributed by atoms with E-state index in [2.05, 4.69) is 11.9 Å². The molecule has 0 aliphatic carbocycles. The van der Waals surface area contributed by atoms with E-state index in [9.17, 15) is 9.59 Å². The van der Waals surface area contributed by atoms with Crippen molar-refractivity contribution in [3.05, 3.63) is 12.7 Å². The van der Waals surface area contributed by atoms with Gasteiger partial charge in [0.2, 0.25) is 0 Å². The van der Waals surface area contributed by atoms with Crippen molar-refractivity contribution in [1.29, 1.82) is 0 Å². The van der Waals surface area contributed by atoms with E-state index < -0.39 is 18.0 Å². The van der Waals surface area contributed by atoms with Crippen LogP contribution in [0.3, 0.4) is 0 Å². The lowest BCUT2D eigenvalue weighted by molar-refractivity contribution is -0.140. The van der Waals surface area contributed by atoms with Crippen LogP contribution in [0, 0.1) is 5.92 Å². The lowest BCUT2D eigenvalue weighted by Crippen LogP contribution is -2.50. The maximum Gasteiger partial charge on any atom is 0.326 e. The lowest BCUT2D eigenvalue weighted by atomic mass is 10.1. The first-order valence-corrected chi connectivity index (χ1v) is 5.44. The van der Waals surface area contributed by atoms with Crippen LogP contribution < -0.4 is 5.32 Å². The first-order chi connectivity index (χ1) is 7.93. The Balaban J connectivity index is 4.55. The van der Waals surface area contributed by atoms with Gasteiger partial charge in [-0.15, -0.1) is 6.58 Å². The van der Waals surface area contributed by atoms with Gasteiger partial charge >= 0.3 is 12.0 Å². The standard InChI is InChI=1S/C11H20N2O4/c1-4-5-13(6-7-14)11(17)12-9(8(2)3)10(15)16/h4,8-9,14H,1,5-7H2,2-3H3,(H,12,17)(H,15,16). The van der Waals surface area contributed by atoms with Gasteiger partial charge in [0.1, 0.15) is 6.04 Å². The Morgan fingerprint density at radius 1 is 1.47 bits per heavy atom. The normalized spacial score (nSPS) is 12.0. The van der Waals surface area contributed by atoms with Crippen molar-refractivity contribution in [1.82, 2.24) is 10.2 Å². The average Bonchev–Trinajstić information content (AvgIpc) is 2.24. The fourth-order valence-corrected chi connectivity index (χ4v) is 1.29. The van der Waals surface area contributed by atoms with Crippen LogP contribution in [-0.2, 0) is 4.79 Å². The van der Waals surface area contributed by atoms with Crippen LogP contribution in [0.2, 0.25) is 0 Å². The van der Waals surface area contributed by atoms with Crippen LogP contribution in [0.1, 0.15) is 13.8 Å². The number of hydrogen-bond acceptors (Lipinski definition) is 3. The molecule has 0 rings (SSSR count). The minimum atomic E-state index is -1.07. The van der Waals surface area contributed by atoms with Gasteiger partial charge in [0.15, 0.2) is 0 Å². The Bertz CT molecular complexity index is 279. The number of carbonyl (C=O) groups excluding carboxylic acids is 1. The van der Waals surface area contributed by atoms with Gasteiger partial charge in [0, 0.05) is 13.1 Å². The van der Waals surface area contributed by atoms with Gasteiger partial charge in [-0.3, -0.25) is 0 Å². The number of aliphatic hydroxyl groups excluding tert-OH is 1. The molecule has 3 N–H and O–H groups in total. The molecule has 0 heterocycles. The number of rotatable bonds is 7. The largest absolute Gasteiger partial charge is 0.480 e. The van der Waals surface area contributed by atoms with E-state index in [0.29, 0.717) is 0 Å². The van der Waals surface area contributed by atoms with E-state index in [1.165, 1.54) is 11.0 Å². The zero-order chi connectivity index (χ0) is 13.4. The summed E-state index contributed by atoms with van der Waals surface area (Å²) in [5, 5.41) is 20.1. The summed E-state index contributed by atoms with van der Waals surface area (Å²) < 4.78 is 0. The van der Waals surface area contributed by atoms with Gasteiger partial charge in [0.25, 0.3) is 0 Å². The van der Waals surface area contributed by atoms with Crippen LogP contribution in [0.15, 0.2) is 12.7 Å². The third kappa shape index (κ3) is 5.35. The highest BCUT2D eigenvalue weighted by Gasteiger charge is 2.25. The van der Waals surface area contributed by atoms with Crippen molar-refractivity contribution in [3.63, 3.8) is 0 Å². The number of nitrogens with one attached hydrogen (secondary N) is 1. The summed E-state index contributed by atoms with van der Waals surface area (Å²) in [6, 6.07) is -1.45. The highest BCUT2D eigenvalue weighted by molar-refractivity contribution is 5.82. The van der Waals surface area contributed by atoms with Crippen LogP contribution in [0.5, 0.6) is 0 Å². The number of carboxylic acid groups (broad SMARTS) is 1. The third-order valence-electron chi connectivity index (χ3n) is 2.22. The Labute approximate surface area is 101 Å². The highest BCUT2D eigenvalue weighted by atomic mass is 16.4. The Morgan fingerprint density at radius 2 is 2.06 bits per heavy atom. The van der Waals surface area contributed by atoms with E-state index in [1.54, 1.807) is 13.8 Å². The molecule has 0 radical (unpaired) electrons. The molecule has 0 aromatic rings. The van der Waals surface area contributed by atoms with E-state index in [4.69, 9.17) is 10.2 Å². The number of aliphatic hydroxyl groups is 1. The predicted molar refractivity (Wildman–Crippen MR) is 63.6 cm³/mol. The summed E-state index contributed by atoms with van der Waals surface area (Å²) in [5.41, 5.74) is 0. The SMILES string of the molecule is C=CCN(CCO)C(=O)NC(C(=O)O)C(C)C. The summed E-state index contributed by atoms with van der Waals surface area (Å²) in [5.74, 6) is -1.29. The number of aliphatic carboxylic acids is 1. The molecular formula is C11H20N2O4. The first kappa shape index (κ1) is 15.4. The molecule has 1 unspecified atom stereocenters. The fourth-order valence-electron chi connectivity index (χ4n) is 1.29. The lowest BCUT2D eigenvalue weighted by Gasteiger charge is -2.24. The maximum absolute atomic E-state index is 11.7. The summed E-state index contributed by atoms with van der Waals surface area (Å²) in [4.78, 5) is 23.9. The molecule has 6 nitrogen and oxygen atoms in total. The van der Waals surface area contributed by atoms with E-state index in [1.807, 2.05) is 0 Å². The molecule has 1 atom stereocenters. The molecule has 17 heavy (non-hydrogen) atoms. The monoisotopic (exact) mass is 244 g/mol. The number of nitrogens with zero attached hydrogens (tertiary/aromatic N) is 1. The topological polar surface area (TPSA) is 89.9 Å². The molecule has 2 amide bonds. The molecule has 0 aromatic heterocycles. The minimum Gasteiger partial charge on any atom is -0.480 e. The van der Waals surface area contributed by atoms with Crippen molar-refractivity contribution in [2.75, 3.05) is 19.7 Å². The Morgan fingerprint density at radius 3 is 2.41 bits per heavy atom. The molecular weight excluding hydrogens is 224 g/mol. The van der Waals surface area contributed by atoms with Gasteiger partial charge in [-0.25, -0.2) is 9.59 Å².